The van der Waals surface area contributed by atoms with Crippen molar-refractivity contribution in [2.45, 2.75) is 26.7 Å². The minimum atomic E-state index is -2.10. The first kappa shape index (κ1) is 17.2. The smallest absolute Gasteiger partial charge is 0.259 e. The van der Waals surface area contributed by atoms with Crippen LogP contribution in [0.1, 0.15) is 23.1 Å². The summed E-state index contributed by atoms with van der Waals surface area (Å²) in [4.78, 5) is 12.0. The summed E-state index contributed by atoms with van der Waals surface area (Å²) in [6.07, 6.45) is 1.10. The van der Waals surface area contributed by atoms with Gasteiger partial charge in [0.1, 0.15) is 0 Å². The minimum Gasteiger partial charge on any atom is -0.326 e. The molecule has 0 aliphatic heterocycles. The lowest BCUT2D eigenvalue weighted by Crippen LogP contribution is -2.12. The van der Waals surface area contributed by atoms with E-state index in [0.29, 0.717) is 24.2 Å². The molecule has 2 aromatic rings. The van der Waals surface area contributed by atoms with Gasteiger partial charge in [-0.15, -0.1) is 0 Å². The predicted octanol–water partition coefficient (Wildman–Crippen LogP) is 3.42. The van der Waals surface area contributed by atoms with Gasteiger partial charge in [-0.3, -0.25) is 14.1 Å². The highest BCUT2D eigenvalue weighted by atomic mass is 32.2. The number of carbonyl (C=O) groups excluding carboxylic acids is 1. The van der Waals surface area contributed by atoms with Gasteiger partial charge in [-0.25, -0.2) is 4.21 Å². The molecule has 0 bridgehead atoms. The van der Waals surface area contributed by atoms with E-state index in [-0.39, 0.29) is 5.91 Å². The van der Waals surface area contributed by atoms with Gasteiger partial charge in [0, 0.05) is 17.8 Å². The lowest BCUT2D eigenvalue weighted by Gasteiger charge is -2.08. The van der Waals surface area contributed by atoms with E-state index in [1.807, 2.05) is 13.8 Å². The number of benzene rings is 2. The zero-order valence-corrected chi connectivity index (χ0v) is 13.9. The van der Waals surface area contributed by atoms with Gasteiger partial charge in [0.05, 0.1) is 0 Å². The molecule has 0 aromatic heterocycles. The van der Waals surface area contributed by atoms with E-state index < -0.39 is 11.3 Å². The van der Waals surface area contributed by atoms with Gasteiger partial charge in [0.2, 0.25) is 5.91 Å². The largest absolute Gasteiger partial charge is 0.326 e. The SMILES string of the molecule is Cc1cc(C)cc(CCC(=O)Nc2ccc(NS(=O)O)cc2)c1. The molecule has 0 aliphatic carbocycles. The monoisotopic (exact) mass is 332 g/mol. The molecule has 0 radical (unpaired) electrons. The highest BCUT2D eigenvalue weighted by Crippen LogP contribution is 2.15. The van der Waals surface area contributed by atoms with Crippen molar-refractivity contribution >= 4 is 28.5 Å². The Morgan fingerprint density at radius 1 is 1.04 bits per heavy atom. The number of rotatable bonds is 6. The van der Waals surface area contributed by atoms with Crippen LogP contribution in [0.3, 0.4) is 0 Å². The Balaban J connectivity index is 1.88. The Morgan fingerprint density at radius 2 is 1.61 bits per heavy atom. The van der Waals surface area contributed by atoms with Crippen molar-refractivity contribution in [3.63, 3.8) is 0 Å². The van der Waals surface area contributed by atoms with Gasteiger partial charge in [-0.05, 0) is 50.1 Å². The molecule has 2 aromatic carbocycles. The second-order valence-corrected chi connectivity index (χ2v) is 6.18. The Morgan fingerprint density at radius 3 is 2.17 bits per heavy atom. The lowest BCUT2D eigenvalue weighted by molar-refractivity contribution is -0.116. The molecule has 0 saturated heterocycles. The van der Waals surface area contributed by atoms with Crippen molar-refractivity contribution in [2.75, 3.05) is 10.0 Å². The summed E-state index contributed by atoms with van der Waals surface area (Å²) in [7, 11) is 0. The molecule has 23 heavy (non-hydrogen) atoms. The zero-order chi connectivity index (χ0) is 16.8. The van der Waals surface area contributed by atoms with Crippen LogP contribution in [-0.4, -0.2) is 14.7 Å². The molecule has 0 spiro atoms. The van der Waals surface area contributed by atoms with Gasteiger partial charge >= 0.3 is 0 Å². The van der Waals surface area contributed by atoms with Gasteiger partial charge in [0.15, 0.2) is 0 Å². The molecule has 0 saturated carbocycles. The van der Waals surface area contributed by atoms with Crippen LogP contribution >= 0.6 is 0 Å². The van der Waals surface area contributed by atoms with Gasteiger partial charge < -0.3 is 5.32 Å². The van der Waals surface area contributed by atoms with E-state index in [0.717, 1.165) is 5.56 Å². The van der Waals surface area contributed by atoms with Crippen LogP contribution < -0.4 is 10.0 Å². The first-order valence-corrected chi connectivity index (χ1v) is 8.37. The molecule has 2 rings (SSSR count). The van der Waals surface area contributed by atoms with E-state index in [2.05, 4.69) is 28.2 Å². The summed E-state index contributed by atoms with van der Waals surface area (Å²) in [5.41, 5.74) is 4.72. The number of aryl methyl sites for hydroxylation is 3. The second-order valence-electron chi connectivity index (χ2n) is 5.47. The Bertz CT molecular complexity index is 694. The van der Waals surface area contributed by atoms with Crippen molar-refractivity contribution in [1.29, 1.82) is 0 Å². The summed E-state index contributed by atoms with van der Waals surface area (Å²) in [6, 6.07) is 12.9. The third-order valence-corrected chi connectivity index (χ3v) is 3.71. The van der Waals surface area contributed by atoms with Crippen molar-refractivity contribution < 1.29 is 13.6 Å². The van der Waals surface area contributed by atoms with Crippen LogP contribution in [0.5, 0.6) is 0 Å². The Kier molecular flexibility index (Phi) is 5.90. The maximum Gasteiger partial charge on any atom is 0.259 e. The Labute approximate surface area is 138 Å². The van der Waals surface area contributed by atoms with Gasteiger partial charge in [-0.2, -0.15) is 0 Å². The molecule has 5 nitrogen and oxygen atoms in total. The first-order valence-electron chi connectivity index (χ1n) is 7.27. The molecule has 0 heterocycles. The summed E-state index contributed by atoms with van der Waals surface area (Å²) in [5.74, 6) is -0.0596. The highest BCUT2D eigenvalue weighted by Gasteiger charge is 2.05. The van der Waals surface area contributed by atoms with Crippen molar-refractivity contribution in [3.05, 3.63) is 59.2 Å². The first-order chi connectivity index (χ1) is 10.9. The maximum absolute atomic E-state index is 12.0. The van der Waals surface area contributed by atoms with Crippen LogP contribution in [0.15, 0.2) is 42.5 Å². The quantitative estimate of drug-likeness (QED) is 0.709. The second kappa shape index (κ2) is 7.89. The Hall–Kier alpha value is -2.18. The third-order valence-electron chi connectivity index (χ3n) is 3.30. The molecule has 1 amide bonds. The van der Waals surface area contributed by atoms with Crippen LogP contribution in [0.4, 0.5) is 11.4 Å². The fourth-order valence-electron chi connectivity index (χ4n) is 2.42. The van der Waals surface area contributed by atoms with E-state index in [9.17, 15) is 9.00 Å². The minimum absolute atomic E-state index is 0.0596. The molecular formula is C17H20N2O3S. The molecule has 1 unspecified atom stereocenters. The van der Waals surface area contributed by atoms with E-state index in [1.165, 1.54) is 11.1 Å². The van der Waals surface area contributed by atoms with Crippen LogP contribution in [0.25, 0.3) is 0 Å². The topological polar surface area (TPSA) is 78.4 Å². The summed E-state index contributed by atoms with van der Waals surface area (Å²) in [6.45, 7) is 4.09. The number of nitrogens with one attached hydrogen (secondary N) is 2. The molecule has 0 fully saturated rings. The average molecular weight is 332 g/mol. The van der Waals surface area contributed by atoms with E-state index in [4.69, 9.17) is 4.55 Å². The number of carbonyl (C=O) groups is 1. The van der Waals surface area contributed by atoms with Gasteiger partial charge in [-0.1, -0.05) is 29.3 Å². The van der Waals surface area contributed by atoms with E-state index >= 15 is 0 Å². The average Bonchev–Trinajstić information content (AvgIpc) is 2.46. The zero-order valence-electron chi connectivity index (χ0n) is 13.1. The number of anilines is 2. The molecule has 122 valence electrons. The molecule has 1 atom stereocenters. The summed E-state index contributed by atoms with van der Waals surface area (Å²) in [5, 5.41) is 2.82. The number of hydrogen-bond donors (Lipinski definition) is 3. The maximum atomic E-state index is 12.0. The third kappa shape index (κ3) is 5.84. The summed E-state index contributed by atoms with van der Waals surface area (Å²) >= 11 is -2.10. The standard InChI is InChI=1S/C17H20N2O3S/c1-12-9-13(2)11-14(10-12)3-8-17(20)18-15-4-6-16(7-5-15)19-23(21)22/h4-7,9-11,19H,3,8H2,1-2H3,(H,18,20)(H,21,22). The molecule has 6 heteroatoms. The summed E-state index contributed by atoms with van der Waals surface area (Å²) < 4.78 is 21.7. The normalized spacial score (nSPS) is 11.8. The van der Waals surface area contributed by atoms with E-state index in [1.54, 1.807) is 24.3 Å². The fourth-order valence-corrected chi connectivity index (χ4v) is 2.75. The number of hydrogen-bond acceptors (Lipinski definition) is 2. The van der Waals surface area contributed by atoms with Crippen LogP contribution in [0, 0.1) is 13.8 Å². The van der Waals surface area contributed by atoms with Crippen molar-refractivity contribution in [1.82, 2.24) is 0 Å². The molecule has 3 N–H and O–H groups in total. The number of amides is 1. The molecular weight excluding hydrogens is 312 g/mol. The van der Waals surface area contributed by atoms with Crippen molar-refractivity contribution in [3.8, 4) is 0 Å². The molecule has 0 aliphatic rings. The lowest BCUT2D eigenvalue weighted by atomic mass is 10.0. The van der Waals surface area contributed by atoms with Gasteiger partial charge in [0.25, 0.3) is 11.3 Å². The predicted molar refractivity (Wildman–Crippen MR) is 93.7 cm³/mol. The van der Waals surface area contributed by atoms with Crippen LogP contribution in [0.2, 0.25) is 0 Å². The fraction of sp³-hybridized carbons (Fsp3) is 0.235. The van der Waals surface area contributed by atoms with Crippen LogP contribution in [-0.2, 0) is 22.5 Å². The highest BCUT2D eigenvalue weighted by molar-refractivity contribution is 7.80. The van der Waals surface area contributed by atoms with Crippen molar-refractivity contribution in [2.24, 2.45) is 0 Å².